The Labute approximate surface area is 245 Å². The van der Waals surface area contributed by atoms with Crippen LogP contribution in [0.4, 0.5) is 35.1 Å². The summed E-state index contributed by atoms with van der Waals surface area (Å²) in [5.41, 5.74) is -3.83. The van der Waals surface area contributed by atoms with Gasteiger partial charge in [0.1, 0.15) is 12.9 Å². The van der Waals surface area contributed by atoms with Crippen molar-refractivity contribution in [3.05, 3.63) is 81.3 Å². The van der Waals surface area contributed by atoms with Crippen molar-refractivity contribution < 1.29 is 45.0 Å². The fraction of sp³-hybridized carbons (Fsp3) is 0.320. The Morgan fingerprint density at radius 3 is 2.34 bits per heavy atom. The molecule has 0 bridgehead atoms. The molecule has 0 spiro atoms. The van der Waals surface area contributed by atoms with Crippen LogP contribution in [-0.4, -0.2) is 64.4 Å². The molecule has 44 heavy (non-hydrogen) atoms. The number of benzene rings is 2. The van der Waals surface area contributed by atoms with E-state index in [0.717, 1.165) is 18.5 Å². The number of hydrogen-bond donors (Lipinski definition) is 2. The van der Waals surface area contributed by atoms with Crippen LogP contribution in [0.25, 0.3) is 17.1 Å². The molecule has 0 radical (unpaired) electrons. The molecule has 10 nitrogen and oxygen atoms in total. The summed E-state index contributed by atoms with van der Waals surface area (Å²) >= 11 is 5.86. The number of nitrogens with one attached hydrogen (secondary N) is 1. The van der Waals surface area contributed by atoms with E-state index < -0.39 is 78.3 Å². The Balaban J connectivity index is 1.52. The van der Waals surface area contributed by atoms with Crippen molar-refractivity contribution in [2.45, 2.75) is 49.9 Å². The SMILES string of the molecule is O=C(NC1CC1(F)F)c1cccc(C(F)(F)F)c1-n1cnc(Cn2nc(-c3ccc(Cl)cc3)n(CC(O)C(F)(F)F)c2=O)n1. The summed E-state index contributed by atoms with van der Waals surface area (Å²) in [6.45, 7) is -1.90. The highest BCUT2D eigenvalue weighted by atomic mass is 35.5. The van der Waals surface area contributed by atoms with E-state index in [9.17, 15) is 49.8 Å². The number of halogens is 9. The van der Waals surface area contributed by atoms with Gasteiger partial charge in [-0.3, -0.25) is 9.36 Å². The number of rotatable bonds is 8. The van der Waals surface area contributed by atoms with E-state index in [2.05, 4.69) is 15.2 Å². The molecule has 2 unspecified atom stereocenters. The molecular formula is C25H18ClF8N7O3. The van der Waals surface area contributed by atoms with Gasteiger partial charge in [0.05, 0.1) is 29.4 Å². The minimum atomic E-state index is -5.08. The van der Waals surface area contributed by atoms with Crippen LogP contribution in [0.5, 0.6) is 0 Å². The molecule has 1 aliphatic rings. The van der Waals surface area contributed by atoms with Crippen LogP contribution in [0.2, 0.25) is 5.02 Å². The zero-order chi connectivity index (χ0) is 32.2. The zero-order valence-corrected chi connectivity index (χ0v) is 22.5. The maximum atomic E-state index is 13.9. The maximum absolute atomic E-state index is 13.9. The number of alkyl halides is 8. The number of para-hydroxylation sites is 1. The van der Waals surface area contributed by atoms with Gasteiger partial charge in [-0.2, -0.15) is 26.3 Å². The molecule has 2 aromatic carbocycles. The molecule has 1 fully saturated rings. The van der Waals surface area contributed by atoms with Gasteiger partial charge < -0.3 is 10.4 Å². The summed E-state index contributed by atoms with van der Waals surface area (Å²) in [4.78, 5) is 29.7. The second-order valence-electron chi connectivity index (χ2n) is 9.73. The predicted octanol–water partition coefficient (Wildman–Crippen LogP) is 4.07. The maximum Gasteiger partial charge on any atom is 0.418 e. The average Bonchev–Trinajstić information content (AvgIpc) is 3.22. The lowest BCUT2D eigenvalue weighted by Gasteiger charge is -2.16. The number of amides is 1. The van der Waals surface area contributed by atoms with E-state index in [0.29, 0.717) is 20.0 Å². The number of carbonyl (C=O) groups excluding carboxylic acids is 1. The Bertz CT molecular complexity index is 1760. The number of nitrogens with zero attached hydrogens (tertiary/aromatic N) is 6. The fourth-order valence-corrected chi connectivity index (χ4v) is 4.34. The molecule has 1 saturated carbocycles. The normalized spacial score (nSPS) is 17.0. The third kappa shape index (κ3) is 6.30. The van der Waals surface area contributed by atoms with E-state index in [-0.39, 0.29) is 22.2 Å². The van der Waals surface area contributed by atoms with E-state index >= 15 is 0 Å². The van der Waals surface area contributed by atoms with Gasteiger partial charge in [-0.05, 0) is 36.4 Å². The summed E-state index contributed by atoms with van der Waals surface area (Å²) in [6, 6.07) is 6.43. The molecule has 2 heterocycles. The van der Waals surface area contributed by atoms with Gasteiger partial charge >= 0.3 is 18.0 Å². The predicted molar refractivity (Wildman–Crippen MR) is 135 cm³/mol. The number of aliphatic hydroxyl groups is 1. The zero-order valence-electron chi connectivity index (χ0n) is 21.7. The minimum absolute atomic E-state index is 0.147. The Morgan fingerprint density at radius 2 is 1.75 bits per heavy atom. The third-order valence-electron chi connectivity index (χ3n) is 6.54. The largest absolute Gasteiger partial charge is 0.418 e. The Kier molecular flexibility index (Phi) is 7.77. The van der Waals surface area contributed by atoms with Crippen molar-refractivity contribution in [2.24, 2.45) is 0 Å². The van der Waals surface area contributed by atoms with Gasteiger partial charge in [-0.15, -0.1) is 10.2 Å². The second kappa shape index (κ2) is 11.0. The summed E-state index contributed by atoms with van der Waals surface area (Å²) in [6.07, 6.45) is -13.0. The first kappa shape index (κ1) is 31.1. The lowest BCUT2D eigenvalue weighted by atomic mass is 10.1. The molecular weight excluding hydrogens is 634 g/mol. The van der Waals surface area contributed by atoms with E-state index in [4.69, 9.17) is 11.6 Å². The molecule has 2 N–H and O–H groups in total. The lowest BCUT2D eigenvalue weighted by molar-refractivity contribution is -0.207. The van der Waals surface area contributed by atoms with Crippen LogP contribution in [0.15, 0.2) is 53.6 Å². The van der Waals surface area contributed by atoms with Gasteiger partial charge in [0, 0.05) is 17.0 Å². The number of aromatic nitrogens is 6. The summed E-state index contributed by atoms with van der Waals surface area (Å²) in [5.74, 6) is -5.08. The summed E-state index contributed by atoms with van der Waals surface area (Å²) in [5, 5.41) is 19.8. The standard InChI is InChI=1S/C25H18ClF8N7O3/c26-13-6-4-12(5-7-13)20-38-40(22(44)39(20)9-17(42)25(32,33)34)10-18-35-11-41(37-18)19-14(2-1-3-15(19)24(29,30)31)21(43)36-16-8-23(16,27)28/h1-7,11,16-17,42H,8-10H2,(H,36,43). The first-order valence-corrected chi connectivity index (χ1v) is 12.8. The highest BCUT2D eigenvalue weighted by Gasteiger charge is 2.58. The topological polar surface area (TPSA) is 120 Å². The van der Waals surface area contributed by atoms with Gasteiger partial charge in [0.2, 0.25) is 0 Å². The molecule has 19 heteroatoms. The van der Waals surface area contributed by atoms with Crippen molar-refractivity contribution in [3.63, 3.8) is 0 Å². The molecule has 234 valence electrons. The quantitative estimate of drug-likeness (QED) is 0.277. The highest BCUT2D eigenvalue weighted by molar-refractivity contribution is 6.30. The van der Waals surface area contributed by atoms with Crippen LogP contribution < -0.4 is 11.0 Å². The second-order valence-corrected chi connectivity index (χ2v) is 10.2. The first-order chi connectivity index (χ1) is 20.5. The number of carbonyl (C=O) groups is 1. The molecule has 1 aliphatic carbocycles. The van der Waals surface area contributed by atoms with Crippen molar-refractivity contribution in [3.8, 4) is 17.1 Å². The van der Waals surface area contributed by atoms with Crippen molar-refractivity contribution in [1.82, 2.24) is 34.4 Å². The number of aliphatic hydroxyl groups excluding tert-OH is 1. The lowest BCUT2D eigenvalue weighted by Crippen LogP contribution is -2.37. The van der Waals surface area contributed by atoms with Crippen molar-refractivity contribution >= 4 is 17.5 Å². The fourth-order valence-electron chi connectivity index (χ4n) is 4.22. The van der Waals surface area contributed by atoms with Crippen LogP contribution in [0.3, 0.4) is 0 Å². The monoisotopic (exact) mass is 651 g/mol. The molecule has 4 aromatic rings. The highest BCUT2D eigenvalue weighted by Crippen LogP contribution is 2.42. The molecule has 5 rings (SSSR count). The first-order valence-electron chi connectivity index (χ1n) is 12.4. The van der Waals surface area contributed by atoms with E-state index in [1.807, 2.05) is 5.32 Å². The summed E-state index contributed by atoms with van der Waals surface area (Å²) < 4.78 is 110. The van der Waals surface area contributed by atoms with Crippen LogP contribution in [-0.2, 0) is 19.3 Å². The van der Waals surface area contributed by atoms with Gasteiger partial charge in [-0.1, -0.05) is 17.7 Å². The summed E-state index contributed by atoms with van der Waals surface area (Å²) in [7, 11) is 0. The minimum Gasteiger partial charge on any atom is -0.382 e. The van der Waals surface area contributed by atoms with E-state index in [1.165, 1.54) is 24.3 Å². The molecule has 2 atom stereocenters. The van der Waals surface area contributed by atoms with Crippen molar-refractivity contribution in [1.29, 1.82) is 0 Å². The molecule has 0 saturated heterocycles. The Hall–Kier alpha value is -4.32. The molecule has 2 aromatic heterocycles. The van der Waals surface area contributed by atoms with E-state index in [1.54, 1.807) is 0 Å². The average molecular weight is 652 g/mol. The Morgan fingerprint density at radius 1 is 1.09 bits per heavy atom. The van der Waals surface area contributed by atoms with Gasteiger partial charge in [-0.25, -0.2) is 27.9 Å². The van der Waals surface area contributed by atoms with Gasteiger partial charge in [0.15, 0.2) is 17.8 Å². The van der Waals surface area contributed by atoms with Crippen molar-refractivity contribution in [2.75, 3.05) is 0 Å². The molecule has 1 amide bonds. The third-order valence-corrected chi connectivity index (χ3v) is 6.79. The smallest absolute Gasteiger partial charge is 0.382 e. The van der Waals surface area contributed by atoms with Crippen LogP contribution in [0, 0.1) is 0 Å². The molecule has 0 aliphatic heterocycles. The van der Waals surface area contributed by atoms with Crippen LogP contribution in [0.1, 0.15) is 28.2 Å². The number of hydrogen-bond acceptors (Lipinski definition) is 6. The van der Waals surface area contributed by atoms with Gasteiger partial charge in [0.25, 0.3) is 11.8 Å². The van der Waals surface area contributed by atoms with Crippen LogP contribution >= 0.6 is 11.6 Å².